The monoisotopic (exact) mass is 170 g/mol. The minimum atomic E-state index is -0.812. The largest absolute Gasteiger partial charge is 0.468 e. The highest BCUT2D eigenvalue weighted by molar-refractivity contribution is 5.93. The van der Waals surface area contributed by atoms with Gasteiger partial charge < -0.3 is 9.53 Å². The number of hydrogen-bond acceptors (Lipinski definition) is 3. The van der Waals surface area contributed by atoms with Crippen molar-refractivity contribution >= 4 is 12.3 Å². The zero-order valence-corrected chi connectivity index (χ0v) is 7.34. The van der Waals surface area contributed by atoms with Crippen molar-refractivity contribution in [1.29, 1.82) is 0 Å². The Hall–Kier alpha value is -0.860. The molecule has 68 valence electrons. The van der Waals surface area contributed by atoms with Crippen LogP contribution in [-0.2, 0) is 14.3 Å². The molecule has 1 saturated carbocycles. The molecule has 1 rings (SSSR count). The molecule has 1 aliphatic carbocycles. The SMILES string of the molecule is COC(=O)C1(C=O)CCCCC1. The van der Waals surface area contributed by atoms with Crippen molar-refractivity contribution in [1.82, 2.24) is 0 Å². The molecule has 0 saturated heterocycles. The molecule has 0 aromatic heterocycles. The fourth-order valence-corrected chi connectivity index (χ4v) is 1.76. The van der Waals surface area contributed by atoms with E-state index in [-0.39, 0.29) is 5.97 Å². The van der Waals surface area contributed by atoms with E-state index in [1.54, 1.807) is 0 Å². The molecule has 12 heavy (non-hydrogen) atoms. The van der Waals surface area contributed by atoms with Gasteiger partial charge in [0.1, 0.15) is 11.7 Å². The van der Waals surface area contributed by atoms with Crippen LogP contribution in [0.2, 0.25) is 0 Å². The van der Waals surface area contributed by atoms with Gasteiger partial charge in [0.05, 0.1) is 7.11 Å². The molecule has 0 aromatic carbocycles. The lowest BCUT2D eigenvalue weighted by Crippen LogP contribution is -2.35. The Bertz CT molecular complexity index is 180. The van der Waals surface area contributed by atoms with Gasteiger partial charge in [-0.2, -0.15) is 0 Å². The van der Waals surface area contributed by atoms with Gasteiger partial charge in [0.15, 0.2) is 0 Å². The first kappa shape index (κ1) is 9.23. The van der Waals surface area contributed by atoms with Crippen LogP contribution < -0.4 is 0 Å². The van der Waals surface area contributed by atoms with Crippen molar-refractivity contribution in [2.45, 2.75) is 32.1 Å². The summed E-state index contributed by atoms with van der Waals surface area (Å²) >= 11 is 0. The minimum Gasteiger partial charge on any atom is -0.468 e. The predicted octanol–water partition coefficient (Wildman–Crippen LogP) is 1.31. The molecular weight excluding hydrogens is 156 g/mol. The topological polar surface area (TPSA) is 43.4 Å². The highest BCUT2D eigenvalue weighted by atomic mass is 16.5. The third-order valence-electron chi connectivity index (χ3n) is 2.56. The highest BCUT2D eigenvalue weighted by Crippen LogP contribution is 2.35. The smallest absolute Gasteiger partial charge is 0.319 e. The highest BCUT2D eigenvalue weighted by Gasteiger charge is 2.40. The Balaban J connectivity index is 2.72. The number of rotatable bonds is 2. The summed E-state index contributed by atoms with van der Waals surface area (Å²) in [5.74, 6) is -0.364. The maximum atomic E-state index is 11.3. The lowest BCUT2D eigenvalue weighted by Gasteiger charge is -2.28. The molecule has 0 atom stereocenters. The van der Waals surface area contributed by atoms with Crippen LogP contribution in [0.4, 0.5) is 0 Å². The standard InChI is InChI=1S/C9H14O3/c1-12-8(11)9(7-10)5-3-2-4-6-9/h7H,2-6H2,1H3. The number of hydrogen-bond donors (Lipinski definition) is 0. The van der Waals surface area contributed by atoms with Crippen molar-refractivity contribution in [3.8, 4) is 0 Å². The number of aldehydes is 1. The summed E-state index contributed by atoms with van der Waals surface area (Å²) in [7, 11) is 1.34. The maximum absolute atomic E-state index is 11.3. The fourth-order valence-electron chi connectivity index (χ4n) is 1.76. The number of methoxy groups -OCH3 is 1. The lowest BCUT2D eigenvalue weighted by molar-refractivity contribution is -0.156. The number of esters is 1. The van der Waals surface area contributed by atoms with E-state index >= 15 is 0 Å². The minimum absolute atomic E-state index is 0.364. The van der Waals surface area contributed by atoms with E-state index in [1.165, 1.54) is 7.11 Å². The van der Waals surface area contributed by atoms with E-state index in [2.05, 4.69) is 4.74 Å². The van der Waals surface area contributed by atoms with Crippen LogP contribution >= 0.6 is 0 Å². The Morgan fingerprint density at radius 3 is 2.33 bits per heavy atom. The molecule has 0 heterocycles. The molecule has 3 heteroatoms. The first-order valence-electron chi connectivity index (χ1n) is 4.30. The van der Waals surface area contributed by atoms with Gasteiger partial charge in [0.2, 0.25) is 0 Å². The summed E-state index contributed by atoms with van der Waals surface area (Å²) in [6.07, 6.45) is 5.10. The van der Waals surface area contributed by atoms with Crippen LogP contribution in [0.1, 0.15) is 32.1 Å². The van der Waals surface area contributed by atoms with Gasteiger partial charge in [-0.25, -0.2) is 0 Å². The molecule has 0 radical (unpaired) electrons. The zero-order chi connectivity index (χ0) is 9.03. The third kappa shape index (κ3) is 1.49. The number of carbonyl (C=O) groups excluding carboxylic acids is 2. The van der Waals surface area contributed by atoms with Crippen LogP contribution in [-0.4, -0.2) is 19.4 Å². The number of ether oxygens (including phenoxy) is 1. The quantitative estimate of drug-likeness (QED) is 0.356. The molecule has 0 bridgehead atoms. The molecule has 0 aromatic rings. The molecule has 0 aliphatic heterocycles. The van der Waals surface area contributed by atoms with Crippen molar-refractivity contribution in [2.75, 3.05) is 7.11 Å². The first-order chi connectivity index (χ1) is 5.75. The van der Waals surface area contributed by atoms with Gasteiger partial charge in [-0.05, 0) is 12.8 Å². The Morgan fingerprint density at radius 2 is 1.92 bits per heavy atom. The van der Waals surface area contributed by atoms with Crippen molar-refractivity contribution < 1.29 is 14.3 Å². The summed E-state index contributed by atoms with van der Waals surface area (Å²) in [5.41, 5.74) is -0.812. The number of carbonyl (C=O) groups is 2. The molecule has 1 fully saturated rings. The normalized spacial score (nSPS) is 21.4. The van der Waals surface area contributed by atoms with Crippen LogP contribution in [0.3, 0.4) is 0 Å². The molecule has 0 amide bonds. The van der Waals surface area contributed by atoms with Crippen LogP contribution in [0.15, 0.2) is 0 Å². The first-order valence-corrected chi connectivity index (χ1v) is 4.30. The molecule has 0 N–H and O–H groups in total. The second-order valence-corrected chi connectivity index (χ2v) is 3.33. The summed E-state index contributed by atoms with van der Waals surface area (Å²) < 4.78 is 4.61. The van der Waals surface area contributed by atoms with Gasteiger partial charge >= 0.3 is 5.97 Å². The summed E-state index contributed by atoms with van der Waals surface area (Å²) in [5, 5.41) is 0. The Kier molecular flexibility index (Phi) is 2.84. The van der Waals surface area contributed by atoms with E-state index in [4.69, 9.17) is 0 Å². The van der Waals surface area contributed by atoms with Crippen LogP contribution in [0, 0.1) is 5.41 Å². The van der Waals surface area contributed by atoms with Gasteiger partial charge in [-0.15, -0.1) is 0 Å². The van der Waals surface area contributed by atoms with Gasteiger partial charge in [-0.3, -0.25) is 4.79 Å². The average Bonchev–Trinajstić information content (AvgIpc) is 2.17. The lowest BCUT2D eigenvalue weighted by atomic mass is 9.75. The summed E-state index contributed by atoms with van der Waals surface area (Å²) in [6, 6.07) is 0. The zero-order valence-electron chi connectivity index (χ0n) is 7.34. The van der Waals surface area contributed by atoms with E-state index in [9.17, 15) is 9.59 Å². The second-order valence-electron chi connectivity index (χ2n) is 3.33. The van der Waals surface area contributed by atoms with Gasteiger partial charge in [-0.1, -0.05) is 19.3 Å². The molecular formula is C9H14O3. The second kappa shape index (κ2) is 3.70. The van der Waals surface area contributed by atoms with E-state index in [1.807, 2.05) is 0 Å². The predicted molar refractivity (Wildman–Crippen MR) is 43.6 cm³/mol. The third-order valence-corrected chi connectivity index (χ3v) is 2.56. The maximum Gasteiger partial charge on any atom is 0.319 e. The van der Waals surface area contributed by atoms with Crippen molar-refractivity contribution in [3.05, 3.63) is 0 Å². The molecule has 3 nitrogen and oxygen atoms in total. The molecule has 1 aliphatic rings. The van der Waals surface area contributed by atoms with Gasteiger partial charge in [0, 0.05) is 0 Å². The summed E-state index contributed by atoms with van der Waals surface area (Å²) in [4.78, 5) is 22.0. The Morgan fingerprint density at radius 1 is 1.33 bits per heavy atom. The fraction of sp³-hybridized carbons (Fsp3) is 0.778. The van der Waals surface area contributed by atoms with E-state index in [0.29, 0.717) is 12.8 Å². The summed E-state index contributed by atoms with van der Waals surface area (Å²) in [6.45, 7) is 0. The molecule has 0 unspecified atom stereocenters. The van der Waals surface area contributed by atoms with Crippen LogP contribution in [0.25, 0.3) is 0 Å². The molecule has 0 spiro atoms. The Labute approximate surface area is 72.1 Å². The van der Waals surface area contributed by atoms with Crippen LogP contribution in [0.5, 0.6) is 0 Å². The van der Waals surface area contributed by atoms with Gasteiger partial charge in [0.25, 0.3) is 0 Å². The van der Waals surface area contributed by atoms with Crippen molar-refractivity contribution in [3.63, 3.8) is 0 Å². The van der Waals surface area contributed by atoms with E-state index < -0.39 is 5.41 Å². The van der Waals surface area contributed by atoms with Crippen molar-refractivity contribution in [2.24, 2.45) is 5.41 Å². The average molecular weight is 170 g/mol. The van der Waals surface area contributed by atoms with E-state index in [0.717, 1.165) is 25.5 Å².